The molecule has 0 spiro atoms. The largest absolute Gasteiger partial charge is 0.496 e. The first kappa shape index (κ1) is 19.2. The predicted molar refractivity (Wildman–Crippen MR) is 108 cm³/mol. The highest BCUT2D eigenvalue weighted by Crippen LogP contribution is 2.35. The molecule has 7 heteroatoms. The van der Waals surface area contributed by atoms with Crippen molar-refractivity contribution in [1.82, 2.24) is 10.2 Å². The van der Waals surface area contributed by atoms with E-state index in [9.17, 15) is 14.0 Å². The van der Waals surface area contributed by atoms with Gasteiger partial charge in [-0.25, -0.2) is 9.18 Å². The zero-order valence-corrected chi connectivity index (χ0v) is 16.5. The summed E-state index contributed by atoms with van der Waals surface area (Å²) in [5.41, 5.74) is 2.85. The lowest BCUT2D eigenvalue weighted by molar-refractivity contribution is 0.0945. The van der Waals surface area contributed by atoms with Gasteiger partial charge in [-0.1, -0.05) is 12.1 Å². The number of likely N-dealkylation sites (tertiary alicyclic amines) is 1. The van der Waals surface area contributed by atoms with E-state index >= 15 is 0 Å². The molecule has 2 N–H and O–H groups in total. The molecule has 0 radical (unpaired) electrons. The van der Waals surface area contributed by atoms with E-state index in [2.05, 4.69) is 10.6 Å². The normalized spacial score (nSPS) is 18.2. The van der Waals surface area contributed by atoms with E-state index in [-0.39, 0.29) is 23.7 Å². The van der Waals surface area contributed by atoms with Crippen molar-refractivity contribution in [3.63, 3.8) is 0 Å². The lowest BCUT2D eigenvalue weighted by Crippen LogP contribution is -2.35. The number of rotatable bonds is 3. The molecule has 0 aromatic heterocycles. The first-order valence-corrected chi connectivity index (χ1v) is 9.81. The molecule has 0 aliphatic carbocycles. The maximum absolute atomic E-state index is 14.9. The van der Waals surface area contributed by atoms with Crippen LogP contribution in [0, 0.1) is 12.7 Å². The zero-order chi connectivity index (χ0) is 20.5. The lowest BCUT2D eigenvalue weighted by atomic mass is 9.99. The molecule has 0 bridgehead atoms. The molecule has 29 heavy (non-hydrogen) atoms. The quantitative estimate of drug-likeness (QED) is 0.828. The Kier molecular flexibility index (Phi) is 5.13. The minimum atomic E-state index is -0.526. The lowest BCUT2D eigenvalue weighted by Gasteiger charge is -2.26. The molecule has 3 amide bonds. The number of hydrogen-bond acceptors (Lipinski definition) is 3. The summed E-state index contributed by atoms with van der Waals surface area (Å²) in [5.74, 6) is 0.00200. The summed E-state index contributed by atoms with van der Waals surface area (Å²) in [7, 11) is 1.63. The molecular weight excluding hydrogens is 373 g/mol. The van der Waals surface area contributed by atoms with Crippen molar-refractivity contribution < 1.29 is 18.7 Å². The van der Waals surface area contributed by atoms with E-state index in [1.54, 1.807) is 18.1 Å². The van der Waals surface area contributed by atoms with E-state index in [1.807, 2.05) is 25.1 Å². The Labute approximate surface area is 169 Å². The van der Waals surface area contributed by atoms with E-state index < -0.39 is 5.82 Å². The second-order valence-corrected chi connectivity index (χ2v) is 7.47. The van der Waals surface area contributed by atoms with Crippen LogP contribution in [0.15, 0.2) is 30.3 Å². The number of fused-ring (bicyclic) bond motifs is 1. The van der Waals surface area contributed by atoms with Crippen molar-refractivity contribution in [2.24, 2.45) is 0 Å². The fraction of sp³-hybridized carbons (Fsp3) is 0.364. The fourth-order valence-electron chi connectivity index (χ4n) is 4.22. The van der Waals surface area contributed by atoms with E-state index in [4.69, 9.17) is 4.74 Å². The van der Waals surface area contributed by atoms with Crippen molar-refractivity contribution in [3.05, 3.63) is 58.4 Å². The Morgan fingerprint density at radius 1 is 1.31 bits per heavy atom. The van der Waals surface area contributed by atoms with E-state index in [0.717, 1.165) is 29.7 Å². The summed E-state index contributed by atoms with van der Waals surface area (Å²) < 4.78 is 20.2. The number of methoxy groups -OCH3 is 1. The minimum Gasteiger partial charge on any atom is -0.496 e. The topological polar surface area (TPSA) is 70.7 Å². The summed E-state index contributed by atoms with van der Waals surface area (Å²) in [6, 6.07) is 8.54. The summed E-state index contributed by atoms with van der Waals surface area (Å²) in [4.78, 5) is 26.5. The predicted octanol–water partition coefficient (Wildman–Crippen LogP) is 3.80. The minimum absolute atomic E-state index is 0.0638. The van der Waals surface area contributed by atoms with Gasteiger partial charge in [0.05, 0.1) is 18.8 Å². The maximum Gasteiger partial charge on any atom is 0.322 e. The van der Waals surface area contributed by atoms with Gasteiger partial charge in [0, 0.05) is 24.2 Å². The molecule has 1 atom stereocenters. The van der Waals surface area contributed by atoms with Gasteiger partial charge >= 0.3 is 6.03 Å². The third-order valence-corrected chi connectivity index (χ3v) is 5.71. The van der Waals surface area contributed by atoms with Gasteiger partial charge in [-0.05, 0) is 55.5 Å². The van der Waals surface area contributed by atoms with E-state index in [0.29, 0.717) is 30.6 Å². The summed E-state index contributed by atoms with van der Waals surface area (Å²) in [6.07, 6.45) is 2.15. The van der Waals surface area contributed by atoms with Crippen LogP contribution in [0.1, 0.15) is 45.9 Å². The summed E-state index contributed by atoms with van der Waals surface area (Å²) in [5, 5.41) is 5.41. The Morgan fingerprint density at radius 3 is 2.90 bits per heavy atom. The van der Waals surface area contributed by atoms with Crippen LogP contribution in [0.4, 0.5) is 14.9 Å². The SMILES string of the molecule is COc1ccc(C2CCCN2C(=O)Nc2ccc3c(c2F)CCNC3=O)cc1C. The van der Waals surface area contributed by atoms with Gasteiger partial charge in [-0.3, -0.25) is 4.79 Å². The number of hydrogen-bond donors (Lipinski definition) is 2. The molecule has 152 valence electrons. The average Bonchev–Trinajstić information content (AvgIpc) is 3.20. The molecule has 4 rings (SSSR count). The molecule has 1 saturated heterocycles. The van der Waals surface area contributed by atoms with Gasteiger partial charge in [0.25, 0.3) is 5.91 Å². The molecule has 0 saturated carbocycles. The van der Waals surface area contributed by atoms with Gasteiger partial charge in [-0.15, -0.1) is 0 Å². The number of nitrogens with one attached hydrogen (secondary N) is 2. The molecule has 1 fully saturated rings. The van der Waals surface area contributed by atoms with Crippen molar-refractivity contribution >= 4 is 17.6 Å². The molecule has 1 unspecified atom stereocenters. The highest BCUT2D eigenvalue weighted by Gasteiger charge is 2.31. The highest BCUT2D eigenvalue weighted by atomic mass is 19.1. The monoisotopic (exact) mass is 397 g/mol. The molecule has 6 nitrogen and oxygen atoms in total. The Hall–Kier alpha value is -3.09. The summed E-state index contributed by atoms with van der Waals surface area (Å²) >= 11 is 0. The number of halogens is 1. The highest BCUT2D eigenvalue weighted by molar-refractivity contribution is 5.98. The van der Waals surface area contributed by atoms with Crippen LogP contribution in [-0.2, 0) is 6.42 Å². The number of amides is 3. The average molecular weight is 397 g/mol. The van der Waals surface area contributed by atoms with Crippen molar-refractivity contribution in [2.45, 2.75) is 32.2 Å². The molecule has 2 aliphatic rings. The number of benzene rings is 2. The van der Waals surface area contributed by atoms with Crippen LogP contribution in [0.3, 0.4) is 0 Å². The van der Waals surface area contributed by atoms with Crippen molar-refractivity contribution in [1.29, 1.82) is 0 Å². The fourth-order valence-corrected chi connectivity index (χ4v) is 4.22. The van der Waals surface area contributed by atoms with Crippen LogP contribution in [0.25, 0.3) is 0 Å². The first-order valence-electron chi connectivity index (χ1n) is 9.81. The molecular formula is C22H24FN3O3. The van der Waals surface area contributed by atoms with Gasteiger partial charge < -0.3 is 20.3 Å². The van der Waals surface area contributed by atoms with Crippen molar-refractivity contribution in [3.8, 4) is 5.75 Å². The van der Waals surface area contributed by atoms with Crippen molar-refractivity contribution in [2.75, 3.05) is 25.5 Å². The number of urea groups is 1. The summed E-state index contributed by atoms with van der Waals surface area (Å²) in [6.45, 7) is 2.97. The second kappa shape index (κ2) is 7.73. The molecule has 2 aromatic rings. The smallest absolute Gasteiger partial charge is 0.322 e. The number of nitrogens with zero attached hydrogens (tertiary/aromatic N) is 1. The number of aryl methyl sites for hydroxylation is 1. The number of carbonyl (C=O) groups excluding carboxylic acids is 2. The zero-order valence-electron chi connectivity index (χ0n) is 16.5. The van der Waals surface area contributed by atoms with Crippen LogP contribution < -0.4 is 15.4 Å². The number of anilines is 1. The Balaban J connectivity index is 1.55. The van der Waals surface area contributed by atoms with Crippen LogP contribution in [-0.4, -0.2) is 37.0 Å². The molecule has 2 aliphatic heterocycles. The van der Waals surface area contributed by atoms with Crippen LogP contribution in [0.5, 0.6) is 5.75 Å². The Bertz CT molecular complexity index is 976. The standard InChI is InChI=1S/C22H24FN3O3/c1-13-12-14(5-8-19(13)29-2)18-4-3-11-26(18)22(28)25-17-7-6-16-15(20(17)23)9-10-24-21(16)27/h5-8,12,18H,3-4,9-11H2,1-2H3,(H,24,27)(H,25,28). The molecule has 2 aromatic carbocycles. The third kappa shape index (κ3) is 3.52. The number of carbonyl (C=O) groups is 2. The van der Waals surface area contributed by atoms with Gasteiger partial charge in [0.1, 0.15) is 5.75 Å². The number of ether oxygens (including phenoxy) is 1. The Morgan fingerprint density at radius 2 is 2.14 bits per heavy atom. The maximum atomic E-state index is 14.9. The first-order chi connectivity index (χ1) is 14.0. The van der Waals surface area contributed by atoms with E-state index in [1.165, 1.54) is 6.07 Å². The van der Waals surface area contributed by atoms with Gasteiger partial charge in [0.15, 0.2) is 5.82 Å². The van der Waals surface area contributed by atoms with Crippen LogP contribution >= 0.6 is 0 Å². The third-order valence-electron chi connectivity index (χ3n) is 5.71. The van der Waals surface area contributed by atoms with Crippen LogP contribution in [0.2, 0.25) is 0 Å². The molecule has 2 heterocycles. The van der Waals surface area contributed by atoms with Gasteiger partial charge in [-0.2, -0.15) is 0 Å². The van der Waals surface area contributed by atoms with Gasteiger partial charge in [0.2, 0.25) is 0 Å². The second-order valence-electron chi connectivity index (χ2n) is 7.47.